The summed E-state index contributed by atoms with van der Waals surface area (Å²) in [5, 5.41) is 2.30. The minimum atomic E-state index is -2.59. The van der Waals surface area contributed by atoms with Crippen LogP contribution < -0.4 is 3.58 Å². The van der Waals surface area contributed by atoms with Crippen LogP contribution in [0.1, 0.15) is 53.0 Å². The monoisotopic (exact) mass is 864 g/mol. The summed E-state index contributed by atoms with van der Waals surface area (Å²) in [5.74, 6) is 0. The number of rotatable bonds is 11. The van der Waals surface area contributed by atoms with Crippen molar-refractivity contribution in [2.75, 3.05) is 0 Å². The molecular formula is C39H80Si7Sn. The molecule has 0 spiro atoms. The first-order valence-electron chi connectivity index (χ1n) is 18.7. The van der Waals surface area contributed by atoms with Crippen molar-refractivity contribution in [3.05, 3.63) is 50.3 Å². The molecule has 1 heterocycles. The molecule has 0 unspecified atom stereocenters. The van der Waals surface area contributed by atoms with Gasteiger partial charge in [-0.25, -0.2) is 0 Å². The zero-order valence-electron chi connectivity index (χ0n) is 36.1. The first-order valence-corrected chi connectivity index (χ1v) is 48.0. The average Bonchev–Trinajstić information content (AvgIpc) is 2.71. The van der Waals surface area contributed by atoms with Gasteiger partial charge in [0.15, 0.2) is 0 Å². The number of benzene rings is 1. The Kier molecular flexibility index (Phi) is 13.1. The molecule has 1 aromatic carbocycles. The molecule has 0 nitrogen and oxygen atoms in total. The summed E-state index contributed by atoms with van der Waals surface area (Å²) in [5.41, 5.74) is 5.80. The minimum absolute atomic E-state index is 0.193. The van der Waals surface area contributed by atoms with Crippen LogP contribution in [0, 0.1) is 5.41 Å². The summed E-state index contributed by atoms with van der Waals surface area (Å²) in [6.07, 6.45) is 7.80. The predicted octanol–water partition coefficient (Wildman–Crippen LogP) is 12.6. The maximum absolute atomic E-state index is 2.97. The van der Waals surface area contributed by atoms with Crippen molar-refractivity contribution in [2.24, 2.45) is 5.41 Å². The average molecular weight is 864 g/mol. The van der Waals surface area contributed by atoms with Crippen LogP contribution in [-0.2, 0) is 0 Å². The molecule has 268 valence electrons. The Morgan fingerprint density at radius 3 is 1.06 bits per heavy atom. The summed E-state index contributed by atoms with van der Waals surface area (Å²) in [6, 6.07) is 5.95. The maximum atomic E-state index is 2.97. The van der Waals surface area contributed by atoms with Crippen molar-refractivity contribution in [1.82, 2.24) is 0 Å². The van der Waals surface area contributed by atoms with Crippen molar-refractivity contribution < 1.29 is 0 Å². The molecular weight excluding hydrogens is 784 g/mol. The van der Waals surface area contributed by atoms with Gasteiger partial charge in [-0.2, -0.15) is 0 Å². The van der Waals surface area contributed by atoms with Gasteiger partial charge >= 0.3 is 312 Å². The molecule has 0 aromatic heterocycles. The molecule has 0 saturated carbocycles. The van der Waals surface area contributed by atoms with E-state index in [1.54, 1.807) is 5.56 Å². The summed E-state index contributed by atoms with van der Waals surface area (Å²) in [6.45, 7) is 64.5. The normalized spacial score (nSPS) is 16.6. The van der Waals surface area contributed by atoms with Crippen LogP contribution in [0.25, 0.3) is 0 Å². The second kappa shape index (κ2) is 14.0. The number of allylic oxidation sites excluding steroid dienone is 3. The molecule has 1 aromatic rings. The van der Waals surface area contributed by atoms with E-state index in [1.165, 1.54) is 0 Å². The molecule has 1 aliphatic heterocycles. The third-order valence-electron chi connectivity index (χ3n) is 10.3. The van der Waals surface area contributed by atoms with E-state index in [0.717, 1.165) is 15.5 Å². The van der Waals surface area contributed by atoms with Gasteiger partial charge in [-0.1, -0.05) is 0 Å². The Hall–Kier alpha value is 0.887. The molecule has 0 saturated heterocycles. The number of hydrogen-bond acceptors (Lipinski definition) is 0. The Morgan fingerprint density at radius 2 is 0.809 bits per heavy atom. The summed E-state index contributed by atoms with van der Waals surface area (Å²) in [4.78, 5) is 0. The van der Waals surface area contributed by atoms with E-state index in [4.69, 9.17) is 0 Å². The molecule has 0 aliphatic carbocycles. The third-order valence-corrected chi connectivity index (χ3v) is 57.3. The van der Waals surface area contributed by atoms with Crippen LogP contribution >= 0.6 is 0 Å². The molecule has 47 heavy (non-hydrogen) atoms. The second-order valence-electron chi connectivity index (χ2n) is 23.8. The van der Waals surface area contributed by atoms with E-state index >= 15 is 0 Å². The summed E-state index contributed by atoms with van der Waals surface area (Å²) >= 11 is -2.59. The van der Waals surface area contributed by atoms with E-state index in [9.17, 15) is 0 Å². The van der Waals surface area contributed by atoms with Gasteiger partial charge in [0.1, 0.15) is 0 Å². The van der Waals surface area contributed by atoms with Gasteiger partial charge in [-0.05, 0) is 0 Å². The van der Waals surface area contributed by atoms with Crippen molar-refractivity contribution in [1.29, 1.82) is 0 Å². The van der Waals surface area contributed by atoms with Gasteiger partial charge in [-0.3, -0.25) is 0 Å². The molecule has 0 radical (unpaired) electrons. The summed E-state index contributed by atoms with van der Waals surface area (Å²) < 4.78 is 5.83. The third kappa shape index (κ3) is 10.5. The van der Waals surface area contributed by atoms with Crippen LogP contribution in [0.2, 0.25) is 137 Å². The molecule has 0 amide bonds. The first-order chi connectivity index (χ1) is 20.4. The predicted molar refractivity (Wildman–Crippen MR) is 245 cm³/mol. The van der Waals surface area contributed by atoms with Gasteiger partial charge in [-0.15, -0.1) is 0 Å². The van der Waals surface area contributed by atoms with Crippen LogP contribution in [0.15, 0.2) is 33.6 Å². The molecule has 0 fully saturated rings. The fourth-order valence-corrected chi connectivity index (χ4v) is 68.7. The van der Waals surface area contributed by atoms with E-state index in [1.807, 2.05) is 21.4 Å². The van der Waals surface area contributed by atoms with Crippen LogP contribution in [0.3, 0.4) is 0 Å². The molecule has 8 heteroatoms. The first kappa shape index (κ1) is 44.0. The van der Waals surface area contributed by atoms with E-state index in [0.29, 0.717) is 0 Å². The molecule has 1 aliphatic rings. The fourth-order valence-electron chi connectivity index (χ4n) is 10.5. The Labute approximate surface area is 309 Å². The van der Waals surface area contributed by atoms with Crippen LogP contribution in [0.5, 0.6) is 0 Å². The molecule has 2 rings (SSSR count). The van der Waals surface area contributed by atoms with Crippen molar-refractivity contribution >= 4 is 82.9 Å². The van der Waals surface area contributed by atoms with E-state index < -0.39 is 75.8 Å². The second-order valence-corrected chi connectivity index (χ2v) is 70.5. The van der Waals surface area contributed by atoms with Crippen molar-refractivity contribution in [3.8, 4) is 0 Å². The quantitative estimate of drug-likeness (QED) is 0.194. The SMILES string of the molecule is CC(C)(C)[C]1=[Sn]([c]2c(C([Si](C)(C)C)[Si](C)(C)C)cc(C([Si](C)(C)C)[Si](C)(C)C)cc2C([Si](C)(C)C)[Si](C)(C)C)[C]([Si](C)(C)C)=CC=C1. The molecule has 0 atom stereocenters. The number of hydrogen-bond donors (Lipinski definition) is 0. The van der Waals surface area contributed by atoms with Gasteiger partial charge in [0.05, 0.1) is 0 Å². The summed E-state index contributed by atoms with van der Waals surface area (Å²) in [7, 11) is -10.9. The van der Waals surface area contributed by atoms with Gasteiger partial charge in [0.25, 0.3) is 0 Å². The fraction of sp³-hybridized carbons (Fsp3) is 0.718. The van der Waals surface area contributed by atoms with Gasteiger partial charge in [0.2, 0.25) is 0 Å². The van der Waals surface area contributed by atoms with Crippen LogP contribution in [-0.4, -0.2) is 79.3 Å². The standard InChI is InChI=1S/C27H59Si6.C12H21Si.Sn/c1-28(2,3)25(29(4,5)6)22-19-23(26(30(7,8)9)31(10,11)12)21-24(20-22)27(32(13,14)15)33(16,17)18;1-12(2,3)10-8-7-9-11-13(4,5)6;/h19-20,25-27H,1-18H3;7-9H,1-6H3;. The Balaban J connectivity index is 3.68. The zero-order chi connectivity index (χ0) is 37.3. The zero-order valence-corrected chi connectivity index (χ0v) is 46.0. The van der Waals surface area contributed by atoms with Gasteiger partial charge in [0, 0.05) is 0 Å². The van der Waals surface area contributed by atoms with Crippen molar-refractivity contribution in [2.45, 2.75) is 174 Å². The topological polar surface area (TPSA) is 0 Å². The van der Waals surface area contributed by atoms with Crippen molar-refractivity contribution in [3.63, 3.8) is 0 Å². The molecule has 0 bridgehead atoms. The Bertz CT molecular complexity index is 1300. The molecule has 0 N–H and O–H groups in total. The Morgan fingerprint density at radius 1 is 0.489 bits per heavy atom. The van der Waals surface area contributed by atoms with Crippen LogP contribution in [0.4, 0.5) is 0 Å². The van der Waals surface area contributed by atoms with Gasteiger partial charge < -0.3 is 0 Å². The van der Waals surface area contributed by atoms with E-state index in [2.05, 4.69) is 189 Å². The van der Waals surface area contributed by atoms with E-state index in [-0.39, 0.29) is 5.41 Å².